The fourth-order valence-corrected chi connectivity index (χ4v) is 3.38. The SMILES string of the molecule is CCCCCn1c(=O)c2nc(-c3ccc(OC)cc3)oc2c2ccccc21. The largest absolute Gasteiger partial charge is 0.497 e. The molecule has 138 valence electrons. The summed E-state index contributed by atoms with van der Waals surface area (Å²) in [6, 6.07) is 15.3. The van der Waals surface area contributed by atoms with E-state index >= 15 is 0 Å². The molecule has 0 bridgehead atoms. The minimum Gasteiger partial charge on any atom is -0.497 e. The Morgan fingerprint density at radius 1 is 1.07 bits per heavy atom. The highest BCUT2D eigenvalue weighted by Gasteiger charge is 2.17. The summed E-state index contributed by atoms with van der Waals surface area (Å²) in [6.45, 7) is 2.84. The smallest absolute Gasteiger partial charge is 0.280 e. The summed E-state index contributed by atoms with van der Waals surface area (Å²) in [5.74, 6) is 1.21. The van der Waals surface area contributed by atoms with Crippen molar-refractivity contribution in [2.75, 3.05) is 7.11 Å². The Bertz CT molecular complexity index is 1140. The number of fused-ring (bicyclic) bond motifs is 3. The Labute approximate surface area is 157 Å². The Hall–Kier alpha value is -3.08. The third-order valence-electron chi connectivity index (χ3n) is 4.84. The molecular formula is C22H22N2O3. The molecule has 0 aliphatic heterocycles. The van der Waals surface area contributed by atoms with Gasteiger partial charge < -0.3 is 13.7 Å². The zero-order valence-corrected chi connectivity index (χ0v) is 15.6. The quantitative estimate of drug-likeness (QED) is 0.453. The maximum absolute atomic E-state index is 13.1. The van der Waals surface area contributed by atoms with Crippen LogP contribution in [0.1, 0.15) is 26.2 Å². The molecule has 0 saturated heterocycles. The van der Waals surface area contributed by atoms with E-state index in [0.717, 1.165) is 41.5 Å². The van der Waals surface area contributed by atoms with Crippen molar-refractivity contribution in [3.05, 3.63) is 58.9 Å². The van der Waals surface area contributed by atoms with Gasteiger partial charge in [-0.1, -0.05) is 31.9 Å². The van der Waals surface area contributed by atoms with Crippen molar-refractivity contribution in [1.82, 2.24) is 9.55 Å². The Balaban J connectivity index is 1.90. The lowest BCUT2D eigenvalue weighted by molar-refractivity contribution is 0.415. The van der Waals surface area contributed by atoms with Crippen LogP contribution in [0.25, 0.3) is 33.5 Å². The first kappa shape index (κ1) is 17.3. The van der Waals surface area contributed by atoms with Crippen LogP contribution in [0.4, 0.5) is 0 Å². The molecule has 2 heterocycles. The lowest BCUT2D eigenvalue weighted by Crippen LogP contribution is -2.21. The van der Waals surface area contributed by atoms with Crippen LogP contribution in [-0.2, 0) is 6.54 Å². The summed E-state index contributed by atoms with van der Waals surface area (Å²) in [4.78, 5) is 17.6. The second kappa shape index (κ2) is 7.27. The molecule has 0 radical (unpaired) electrons. The van der Waals surface area contributed by atoms with Crippen molar-refractivity contribution >= 4 is 22.0 Å². The van der Waals surface area contributed by atoms with Crippen LogP contribution >= 0.6 is 0 Å². The molecule has 0 aliphatic rings. The van der Waals surface area contributed by atoms with Crippen LogP contribution < -0.4 is 10.3 Å². The number of hydrogen-bond acceptors (Lipinski definition) is 4. The zero-order valence-electron chi connectivity index (χ0n) is 15.6. The third kappa shape index (κ3) is 3.10. The van der Waals surface area contributed by atoms with E-state index in [1.165, 1.54) is 0 Å². The van der Waals surface area contributed by atoms with Crippen LogP contribution in [0.3, 0.4) is 0 Å². The molecule has 27 heavy (non-hydrogen) atoms. The maximum Gasteiger partial charge on any atom is 0.280 e. The van der Waals surface area contributed by atoms with E-state index in [9.17, 15) is 4.79 Å². The molecule has 0 fully saturated rings. The summed E-state index contributed by atoms with van der Waals surface area (Å²) in [5, 5.41) is 0.913. The fraction of sp³-hybridized carbons (Fsp3) is 0.273. The van der Waals surface area contributed by atoms with Crippen molar-refractivity contribution < 1.29 is 9.15 Å². The lowest BCUT2D eigenvalue weighted by atomic mass is 10.2. The van der Waals surface area contributed by atoms with Gasteiger partial charge >= 0.3 is 0 Å². The number of aryl methyl sites for hydroxylation is 1. The van der Waals surface area contributed by atoms with E-state index in [4.69, 9.17) is 9.15 Å². The number of hydrogen-bond donors (Lipinski definition) is 0. The van der Waals surface area contributed by atoms with Gasteiger partial charge in [-0.3, -0.25) is 4.79 Å². The minimum atomic E-state index is -0.0942. The number of benzene rings is 2. The maximum atomic E-state index is 13.1. The summed E-state index contributed by atoms with van der Waals surface area (Å²) in [5.41, 5.74) is 2.55. The topological polar surface area (TPSA) is 57.3 Å². The van der Waals surface area contributed by atoms with Gasteiger partial charge in [0.2, 0.25) is 5.89 Å². The first-order chi connectivity index (χ1) is 13.2. The minimum absolute atomic E-state index is 0.0942. The molecule has 0 unspecified atom stereocenters. The monoisotopic (exact) mass is 362 g/mol. The van der Waals surface area contributed by atoms with Gasteiger partial charge in [-0.25, -0.2) is 4.98 Å². The number of unbranched alkanes of at least 4 members (excludes halogenated alkanes) is 2. The van der Waals surface area contributed by atoms with Crippen LogP contribution in [0.2, 0.25) is 0 Å². The molecule has 2 aromatic carbocycles. The van der Waals surface area contributed by atoms with E-state index in [1.807, 2.05) is 53.1 Å². The van der Waals surface area contributed by atoms with E-state index in [-0.39, 0.29) is 5.56 Å². The molecule has 0 saturated carbocycles. The first-order valence-corrected chi connectivity index (χ1v) is 9.29. The van der Waals surface area contributed by atoms with Crippen LogP contribution in [-0.4, -0.2) is 16.7 Å². The van der Waals surface area contributed by atoms with Crippen molar-refractivity contribution in [2.45, 2.75) is 32.7 Å². The standard InChI is InChI=1S/C22H22N2O3/c1-3-4-7-14-24-18-9-6-5-8-17(18)20-19(22(24)25)23-21(27-20)15-10-12-16(26-2)13-11-15/h5-6,8-13H,3-4,7,14H2,1-2H3. The Kier molecular flexibility index (Phi) is 4.67. The van der Waals surface area contributed by atoms with Gasteiger partial charge in [0.1, 0.15) is 5.75 Å². The number of nitrogens with zero attached hydrogens (tertiary/aromatic N) is 2. The number of methoxy groups -OCH3 is 1. The second-order valence-corrected chi connectivity index (χ2v) is 6.61. The molecule has 2 aromatic heterocycles. The molecule has 0 aliphatic carbocycles. The van der Waals surface area contributed by atoms with Gasteiger partial charge in [-0.05, 0) is 42.8 Å². The number of pyridine rings is 1. The van der Waals surface area contributed by atoms with E-state index in [0.29, 0.717) is 23.5 Å². The summed E-state index contributed by atoms with van der Waals surface area (Å²) in [6.07, 6.45) is 3.17. The van der Waals surface area contributed by atoms with Crippen molar-refractivity contribution in [3.8, 4) is 17.2 Å². The highest BCUT2D eigenvalue weighted by molar-refractivity contribution is 6.01. The summed E-state index contributed by atoms with van der Waals surface area (Å²) < 4.78 is 13.1. The predicted molar refractivity (Wildman–Crippen MR) is 107 cm³/mol. The van der Waals surface area contributed by atoms with Gasteiger partial charge in [-0.15, -0.1) is 0 Å². The molecule has 0 N–H and O–H groups in total. The van der Waals surface area contributed by atoms with Crippen molar-refractivity contribution in [3.63, 3.8) is 0 Å². The van der Waals surface area contributed by atoms with Gasteiger partial charge in [0.05, 0.1) is 12.6 Å². The van der Waals surface area contributed by atoms with Gasteiger partial charge in [0, 0.05) is 17.5 Å². The van der Waals surface area contributed by atoms with Crippen molar-refractivity contribution in [2.24, 2.45) is 0 Å². The van der Waals surface area contributed by atoms with Gasteiger partial charge in [0.25, 0.3) is 5.56 Å². The molecule has 0 spiro atoms. The highest BCUT2D eigenvalue weighted by Crippen LogP contribution is 2.29. The van der Waals surface area contributed by atoms with Crippen LogP contribution in [0.5, 0.6) is 5.75 Å². The lowest BCUT2D eigenvalue weighted by Gasteiger charge is -2.09. The molecule has 5 heteroatoms. The average molecular weight is 362 g/mol. The van der Waals surface area contributed by atoms with Gasteiger partial charge in [-0.2, -0.15) is 0 Å². The number of oxazole rings is 1. The normalized spacial score (nSPS) is 11.3. The molecule has 0 atom stereocenters. The molecule has 4 aromatic rings. The molecule has 4 rings (SSSR count). The fourth-order valence-electron chi connectivity index (χ4n) is 3.38. The Morgan fingerprint density at radius 2 is 1.85 bits per heavy atom. The van der Waals surface area contributed by atoms with Crippen LogP contribution in [0.15, 0.2) is 57.7 Å². The van der Waals surface area contributed by atoms with Gasteiger partial charge in [0.15, 0.2) is 11.1 Å². The number of rotatable bonds is 6. The third-order valence-corrected chi connectivity index (χ3v) is 4.84. The molecular weight excluding hydrogens is 340 g/mol. The van der Waals surface area contributed by atoms with E-state index < -0.39 is 0 Å². The average Bonchev–Trinajstić information content (AvgIpc) is 3.16. The summed E-state index contributed by atoms with van der Waals surface area (Å²) >= 11 is 0. The molecule has 5 nitrogen and oxygen atoms in total. The van der Waals surface area contributed by atoms with E-state index in [2.05, 4.69) is 11.9 Å². The molecule has 0 amide bonds. The van der Waals surface area contributed by atoms with Crippen LogP contribution in [0, 0.1) is 0 Å². The number of para-hydroxylation sites is 1. The number of aromatic nitrogens is 2. The van der Waals surface area contributed by atoms with Crippen molar-refractivity contribution in [1.29, 1.82) is 0 Å². The number of ether oxygens (including phenoxy) is 1. The summed E-state index contributed by atoms with van der Waals surface area (Å²) in [7, 11) is 1.63. The first-order valence-electron chi connectivity index (χ1n) is 9.29. The highest BCUT2D eigenvalue weighted by atomic mass is 16.5. The predicted octanol–water partition coefficient (Wildman–Crippen LogP) is 5.01. The second-order valence-electron chi connectivity index (χ2n) is 6.61. The zero-order chi connectivity index (χ0) is 18.8. The Morgan fingerprint density at radius 3 is 2.59 bits per heavy atom. The van der Waals surface area contributed by atoms with E-state index in [1.54, 1.807) is 7.11 Å².